The summed E-state index contributed by atoms with van der Waals surface area (Å²) in [4.78, 5) is 14.8. The van der Waals surface area contributed by atoms with E-state index in [1.165, 1.54) is 12.1 Å². The highest BCUT2D eigenvalue weighted by Crippen LogP contribution is 2.21. The molecule has 3 aromatic rings. The van der Waals surface area contributed by atoms with E-state index in [2.05, 4.69) is 5.10 Å². The zero-order chi connectivity index (χ0) is 19.4. The Kier molecular flexibility index (Phi) is 5.66. The minimum absolute atomic E-state index is 0.122. The number of benzene rings is 2. The Morgan fingerprint density at radius 3 is 2.41 bits per heavy atom. The summed E-state index contributed by atoms with van der Waals surface area (Å²) in [5.41, 5.74) is 3.45. The largest absolute Gasteiger partial charge is 0.395 e. The number of hydrogen-bond acceptors (Lipinski definition) is 3. The second kappa shape index (κ2) is 8.14. The third kappa shape index (κ3) is 4.06. The van der Waals surface area contributed by atoms with E-state index in [0.717, 1.165) is 5.56 Å². The fraction of sp³-hybridized carbons (Fsp3) is 0.238. The van der Waals surface area contributed by atoms with Crippen LogP contribution in [0.3, 0.4) is 0 Å². The van der Waals surface area contributed by atoms with Crippen molar-refractivity contribution in [3.63, 3.8) is 0 Å². The Bertz CT molecular complexity index is 921. The average molecular weight is 367 g/mol. The smallest absolute Gasteiger partial charge is 0.257 e. The second-order valence-corrected chi connectivity index (χ2v) is 6.37. The summed E-state index contributed by atoms with van der Waals surface area (Å²) in [6.07, 6.45) is 0. The molecule has 140 valence electrons. The topological polar surface area (TPSA) is 58.4 Å². The molecule has 0 atom stereocenters. The molecule has 0 saturated carbocycles. The number of nitrogens with zero attached hydrogens (tertiary/aromatic N) is 3. The number of carbonyl (C=O) groups excluding carboxylic acids is 1. The molecule has 0 aliphatic rings. The number of aryl methyl sites for hydroxylation is 1. The van der Waals surface area contributed by atoms with Gasteiger partial charge in [0.25, 0.3) is 5.91 Å². The predicted molar refractivity (Wildman–Crippen MR) is 101 cm³/mol. The number of aromatic nitrogens is 2. The van der Waals surface area contributed by atoms with Gasteiger partial charge in [-0.1, -0.05) is 30.3 Å². The minimum Gasteiger partial charge on any atom is -0.395 e. The first-order chi connectivity index (χ1) is 13.0. The van der Waals surface area contributed by atoms with Crippen molar-refractivity contribution in [1.82, 2.24) is 14.7 Å². The molecule has 0 spiro atoms. The zero-order valence-electron chi connectivity index (χ0n) is 15.4. The molecule has 1 aromatic heterocycles. The minimum atomic E-state index is -0.325. The monoisotopic (exact) mass is 367 g/mol. The van der Waals surface area contributed by atoms with Crippen LogP contribution in [-0.2, 0) is 6.54 Å². The molecular weight excluding hydrogens is 345 g/mol. The van der Waals surface area contributed by atoms with Gasteiger partial charge in [-0.05, 0) is 43.7 Å². The van der Waals surface area contributed by atoms with Crippen LogP contribution in [-0.4, -0.2) is 38.8 Å². The van der Waals surface area contributed by atoms with E-state index in [-0.39, 0.29) is 24.9 Å². The lowest BCUT2D eigenvalue weighted by Crippen LogP contribution is -2.33. The molecule has 0 aliphatic heterocycles. The number of aliphatic hydroxyl groups is 1. The molecule has 0 saturated heterocycles. The number of carbonyl (C=O) groups is 1. The summed E-state index contributed by atoms with van der Waals surface area (Å²) in [7, 11) is 0. The highest BCUT2D eigenvalue weighted by Gasteiger charge is 2.24. The standard InChI is InChI=1S/C21H22FN3O2/c1-15-20(16(2)25(23-15)19-10-8-18(22)9-11-19)21(27)24(12-13-26)14-17-6-4-3-5-7-17/h3-11,26H,12-14H2,1-2H3. The zero-order valence-corrected chi connectivity index (χ0v) is 15.4. The Hall–Kier alpha value is -2.99. The fourth-order valence-corrected chi connectivity index (χ4v) is 3.12. The van der Waals surface area contributed by atoms with Crippen molar-refractivity contribution in [2.75, 3.05) is 13.2 Å². The van der Waals surface area contributed by atoms with E-state index in [9.17, 15) is 14.3 Å². The van der Waals surface area contributed by atoms with Gasteiger partial charge in [-0.25, -0.2) is 9.07 Å². The highest BCUT2D eigenvalue weighted by molar-refractivity contribution is 5.96. The molecule has 6 heteroatoms. The van der Waals surface area contributed by atoms with Gasteiger partial charge >= 0.3 is 0 Å². The van der Waals surface area contributed by atoms with E-state index < -0.39 is 0 Å². The molecule has 0 bridgehead atoms. The normalized spacial score (nSPS) is 10.8. The van der Waals surface area contributed by atoms with Crippen molar-refractivity contribution in [1.29, 1.82) is 0 Å². The summed E-state index contributed by atoms with van der Waals surface area (Å²) in [6, 6.07) is 15.6. The van der Waals surface area contributed by atoms with Crippen LogP contribution in [0.4, 0.5) is 4.39 Å². The van der Waals surface area contributed by atoms with E-state index in [1.54, 1.807) is 28.6 Å². The number of aliphatic hydroxyl groups excluding tert-OH is 1. The summed E-state index contributed by atoms with van der Waals surface area (Å²) in [5, 5.41) is 13.9. The molecule has 2 aromatic carbocycles. The highest BCUT2D eigenvalue weighted by atomic mass is 19.1. The fourth-order valence-electron chi connectivity index (χ4n) is 3.12. The maximum atomic E-state index is 13.2. The molecule has 5 nitrogen and oxygen atoms in total. The van der Waals surface area contributed by atoms with Crippen molar-refractivity contribution in [2.45, 2.75) is 20.4 Å². The van der Waals surface area contributed by atoms with E-state index in [1.807, 2.05) is 37.3 Å². The van der Waals surface area contributed by atoms with Crippen LogP contribution in [0, 0.1) is 19.7 Å². The number of hydrogen-bond donors (Lipinski definition) is 1. The Labute approximate surface area is 157 Å². The second-order valence-electron chi connectivity index (χ2n) is 6.37. The van der Waals surface area contributed by atoms with Crippen molar-refractivity contribution in [3.05, 3.63) is 82.9 Å². The quantitative estimate of drug-likeness (QED) is 0.728. The molecule has 1 N–H and O–H groups in total. The lowest BCUT2D eigenvalue weighted by atomic mass is 10.1. The van der Waals surface area contributed by atoms with Gasteiger partial charge in [0.2, 0.25) is 0 Å². The van der Waals surface area contributed by atoms with Crippen LogP contribution in [0.1, 0.15) is 27.3 Å². The van der Waals surface area contributed by atoms with Gasteiger partial charge in [0.05, 0.1) is 29.2 Å². The maximum absolute atomic E-state index is 13.2. The summed E-state index contributed by atoms with van der Waals surface area (Å²) in [6.45, 7) is 4.11. The first kappa shape index (κ1) is 18.8. The van der Waals surface area contributed by atoms with E-state index in [4.69, 9.17) is 0 Å². The molecule has 0 fully saturated rings. The lowest BCUT2D eigenvalue weighted by Gasteiger charge is -2.22. The van der Waals surface area contributed by atoms with Gasteiger partial charge < -0.3 is 10.0 Å². The lowest BCUT2D eigenvalue weighted by molar-refractivity contribution is 0.0706. The van der Waals surface area contributed by atoms with Crippen LogP contribution >= 0.6 is 0 Å². The van der Waals surface area contributed by atoms with Crippen molar-refractivity contribution < 1.29 is 14.3 Å². The van der Waals surface area contributed by atoms with Crippen molar-refractivity contribution in [2.24, 2.45) is 0 Å². The van der Waals surface area contributed by atoms with Gasteiger partial charge in [0.1, 0.15) is 5.82 Å². The molecule has 1 amide bonds. The van der Waals surface area contributed by atoms with E-state index >= 15 is 0 Å². The van der Waals surface area contributed by atoms with Gasteiger partial charge in [-0.15, -0.1) is 0 Å². The molecular formula is C21H22FN3O2. The summed E-state index contributed by atoms with van der Waals surface area (Å²) >= 11 is 0. The molecule has 0 aliphatic carbocycles. The Balaban J connectivity index is 1.93. The Morgan fingerprint density at radius 2 is 1.78 bits per heavy atom. The first-order valence-corrected chi connectivity index (χ1v) is 8.77. The first-order valence-electron chi connectivity index (χ1n) is 8.77. The predicted octanol–water partition coefficient (Wildman–Crippen LogP) is 3.26. The van der Waals surface area contributed by atoms with Crippen LogP contribution in [0.5, 0.6) is 0 Å². The van der Waals surface area contributed by atoms with Crippen LogP contribution < -0.4 is 0 Å². The molecule has 3 rings (SSSR count). The van der Waals surface area contributed by atoms with Crippen molar-refractivity contribution >= 4 is 5.91 Å². The van der Waals surface area contributed by atoms with Gasteiger partial charge in [-0.3, -0.25) is 4.79 Å². The number of rotatable bonds is 6. The van der Waals surface area contributed by atoms with Gasteiger partial charge in [-0.2, -0.15) is 5.10 Å². The van der Waals surface area contributed by atoms with Gasteiger partial charge in [0, 0.05) is 13.1 Å². The van der Waals surface area contributed by atoms with Crippen LogP contribution in [0.15, 0.2) is 54.6 Å². The maximum Gasteiger partial charge on any atom is 0.257 e. The number of halogens is 1. The molecule has 0 unspecified atom stereocenters. The molecule has 27 heavy (non-hydrogen) atoms. The Morgan fingerprint density at radius 1 is 1.11 bits per heavy atom. The number of amides is 1. The van der Waals surface area contributed by atoms with Crippen LogP contribution in [0.25, 0.3) is 5.69 Å². The molecule has 1 heterocycles. The van der Waals surface area contributed by atoms with E-state index in [0.29, 0.717) is 29.2 Å². The van der Waals surface area contributed by atoms with Gasteiger partial charge in [0.15, 0.2) is 0 Å². The summed E-state index contributed by atoms with van der Waals surface area (Å²) in [5.74, 6) is -0.509. The third-order valence-corrected chi connectivity index (χ3v) is 4.45. The summed E-state index contributed by atoms with van der Waals surface area (Å²) < 4.78 is 14.8. The van der Waals surface area contributed by atoms with Crippen molar-refractivity contribution in [3.8, 4) is 5.69 Å². The average Bonchev–Trinajstić information content (AvgIpc) is 2.96. The van der Waals surface area contributed by atoms with Crippen LogP contribution in [0.2, 0.25) is 0 Å². The molecule has 0 radical (unpaired) electrons. The SMILES string of the molecule is Cc1nn(-c2ccc(F)cc2)c(C)c1C(=O)N(CCO)Cc1ccccc1. The third-order valence-electron chi connectivity index (χ3n) is 4.45.